The van der Waals surface area contributed by atoms with Crippen LogP contribution in [0.4, 0.5) is 5.69 Å². The maximum Gasteiger partial charge on any atom is 0.226 e. The van der Waals surface area contributed by atoms with Crippen molar-refractivity contribution in [2.45, 2.75) is 19.9 Å². The number of aryl methyl sites for hydroxylation is 2. The highest BCUT2D eigenvalue weighted by Gasteiger charge is 2.16. The Morgan fingerprint density at radius 2 is 1.58 bits per heavy atom. The van der Waals surface area contributed by atoms with Gasteiger partial charge in [-0.05, 0) is 43.3 Å². The maximum atomic E-state index is 13.0. The Morgan fingerprint density at radius 3 is 2.42 bits per heavy atom. The number of carbonyl (C=O) groups is 1. The molecular weight excluding hydrogens is 474 g/mol. The van der Waals surface area contributed by atoms with E-state index < -0.39 is 0 Å². The Morgan fingerprint density at radius 1 is 0.842 bits per heavy atom. The van der Waals surface area contributed by atoms with E-state index in [0.29, 0.717) is 12.2 Å². The lowest BCUT2D eigenvalue weighted by molar-refractivity contribution is -0.116. The number of nitrogens with zero attached hydrogens (tertiary/aromatic N) is 6. The summed E-state index contributed by atoms with van der Waals surface area (Å²) >= 11 is 0. The van der Waals surface area contributed by atoms with Crippen LogP contribution in [-0.2, 0) is 11.3 Å². The highest BCUT2D eigenvalue weighted by Crippen LogP contribution is 2.28. The van der Waals surface area contributed by atoms with E-state index >= 15 is 0 Å². The standard InChI is InChI=1S/C30H23N7O/c1-19-23-17-20(18-31-29(23)37(35-19)21-9-3-2-4-10-21)32-27(38)15-16-36-26-14-8-5-11-22(26)28-30(36)34-25-13-7-6-12-24(25)33-28/h2-14,17-18H,15-16H2,1H3,(H,32,38). The molecular formula is C30H23N7O. The summed E-state index contributed by atoms with van der Waals surface area (Å²) in [4.78, 5) is 27.4. The molecule has 3 aromatic carbocycles. The van der Waals surface area contributed by atoms with Gasteiger partial charge in [0, 0.05) is 23.7 Å². The van der Waals surface area contributed by atoms with Crippen molar-refractivity contribution in [3.63, 3.8) is 0 Å². The largest absolute Gasteiger partial charge is 0.325 e. The molecule has 4 aromatic heterocycles. The molecule has 0 saturated heterocycles. The summed E-state index contributed by atoms with van der Waals surface area (Å²) in [5.41, 5.74) is 7.52. The van der Waals surface area contributed by atoms with Crippen molar-refractivity contribution in [2.75, 3.05) is 5.32 Å². The third-order valence-corrected chi connectivity index (χ3v) is 6.81. The van der Waals surface area contributed by atoms with Crippen LogP contribution < -0.4 is 5.32 Å². The number of amides is 1. The first-order valence-electron chi connectivity index (χ1n) is 12.5. The second-order valence-corrected chi connectivity index (χ2v) is 9.28. The number of anilines is 1. The van der Waals surface area contributed by atoms with Gasteiger partial charge in [0.2, 0.25) is 5.91 Å². The minimum atomic E-state index is -0.0982. The molecule has 1 amide bonds. The van der Waals surface area contributed by atoms with Crippen LogP contribution in [0.25, 0.3) is 49.8 Å². The van der Waals surface area contributed by atoms with Crippen molar-refractivity contribution in [1.29, 1.82) is 0 Å². The van der Waals surface area contributed by atoms with Crippen LogP contribution in [0.5, 0.6) is 0 Å². The van der Waals surface area contributed by atoms with E-state index in [1.165, 1.54) is 0 Å². The molecule has 0 spiro atoms. The van der Waals surface area contributed by atoms with E-state index in [1.54, 1.807) is 6.20 Å². The van der Waals surface area contributed by atoms with E-state index in [9.17, 15) is 4.79 Å². The predicted octanol–water partition coefficient (Wildman–Crippen LogP) is 5.81. The topological polar surface area (TPSA) is 90.5 Å². The first kappa shape index (κ1) is 22.1. The molecule has 0 aliphatic carbocycles. The molecule has 38 heavy (non-hydrogen) atoms. The average molecular weight is 498 g/mol. The summed E-state index contributed by atoms with van der Waals surface area (Å²) < 4.78 is 3.91. The number of carbonyl (C=O) groups excluding carboxylic acids is 1. The van der Waals surface area contributed by atoms with E-state index in [2.05, 4.69) is 26.0 Å². The van der Waals surface area contributed by atoms with Crippen molar-refractivity contribution in [3.05, 3.63) is 96.8 Å². The Labute approximate surface area is 217 Å². The first-order valence-corrected chi connectivity index (χ1v) is 12.5. The van der Waals surface area contributed by atoms with Crippen LogP contribution in [-0.4, -0.2) is 35.2 Å². The summed E-state index contributed by atoms with van der Waals surface area (Å²) in [5.74, 6) is -0.0982. The molecule has 7 aromatic rings. The summed E-state index contributed by atoms with van der Waals surface area (Å²) in [7, 11) is 0. The highest BCUT2D eigenvalue weighted by molar-refractivity contribution is 6.06. The molecule has 4 heterocycles. The van der Waals surface area contributed by atoms with Crippen LogP contribution in [0.15, 0.2) is 91.1 Å². The fourth-order valence-electron chi connectivity index (χ4n) is 5.01. The van der Waals surface area contributed by atoms with Crippen LogP contribution in [0.1, 0.15) is 12.1 Å². The van der Waals surface area contributed by atoms with Gasteiger partial charge in [0.25, 0.3) is 0 Å². The number of rotatable bonds is 5. The van der Waals surface area contributed by atoms with E-state index in [4.69, 9.17) is 9.97 Å². The van der Waals surface area contributed by atoms with E-state index in [1.807, 2.05) is 90.5 Å². The number of fused-ring (bicyclic) bond motifs is 5. The molecule has 184 valence electrons. The number of para-hydroxylation sites is 4. The number of hydrogen-bond donors (Lipinski definition) is 1. The van der Waals surface area contributed by atoms with Crippen LogP contribution in [0.3, 0.4) is 0 Å². The van der Waals surface area contributed by atoms with Gasteiger partial charge >= 0.3 is 0 Å². The molecule has 7 rings (SSSR count). The van der Waals surface area contributed by atoms with Gasteiger partial charge in [0.1, 0.15) is 5.52 Å². The zero-order valence-electron chi connectivity index (χ0n) is 20.7. The van der Waals surface area contributed by atoms with Gasteiger partial charge in [-0.15, -0.1) is 0 Å². The van der Waals surface area contributed by atoms with E-state index in [-0.39, 0.29) is 12.3 Å². The molecule has 0 unspecified atom stereocenters. The summed E-state index contributed by atoms with van der Waals surface area (Å²) in [5, 5.41) is 9.59. The first-order chi connectivity index (χ1) is 18.7. The molecule has 0 saturated carbocycles. The van der Waals surface area contributed by atoms with Gasteiger partial charge in [0.05, 0.1) is 39.8 Å². The maximum absolute atomic E-state index is 13.0. The lowest BCUT2D eigenvalue weighted by atomic mass is 10.2. The molecule has 0 bridgehead atoms. The normalized spacial score (nSPS) is 11.6. The zero-order chi connectivity index (χ0) is 25.6. The summed E-state index contributed by atoms with van der Waals surface area (Å²) in [6.07, 6.45) is 1.96. The Bertz CT molecular complexity index is 1990. The quantitative estimate of drug-likeness (QED) is 0.324. The van der Waals surface area contributed by atoms with Crippen molar-refractivity contribution in [1.82, 2.24) is 29.3 Å². The third kappa shape index (κ3) is 3.66. The molecule has 8 nitrogen and oxygen atoms in total. The van der Waals surface area contributed by atoms with Gasteiger partial charge in [-0.3, -0.25) is 4.79 Å². The number of aromatic nitrogens is 6. The van der Waals surface area contributed by atoms with Gasteiger partial charge in [0.15, 0.2) is 11.3 Å². The van der Waals surface area contributed by atoms with Gasteiger partial charge in [-0.2, -0.15) is 5.10 Å². The number of nitrogens with one attached hydrogen (secondary N) is 1. The highest BCUT2D eigenvalue weighted by atomic mass is 16.1. The minimum Gasteiger partial charge on any atom is -0.325 e. The van der Waals surface area contributed by atoms with Crippen LogP contribution in [0, 0.1) is 6.92 Å². The molecule has 1 N–H and O–H groups in total. The minimum absolute atomic E-state index is 0.0982. The van der Waals surface area contributed by atoms with Crippen molar-refractivity contribution < 1.29 is 4.79 Å². The lowest BCUT2D eigenvalue weighted by Crippen LogP contribution is -2.15. The Kier molecular flexibility index (Phi) is 5.11. The summed E-state index contributed by atoms with van der Waals surface area (Å²) in [6.45, 7) is 2.42. The van der Waals surface area contributed by atoms with Crippen molar-refractivity contribution in [2.24, 2.45) is 0 Å². The lowest BCUT2D eigenvalue weighted by Gasteiger charge is -2.09. The van der Waals surface area contributed by atoms with Crippen LogP contribution >= 0.6 is 0 Å². The fraction of sp³-hybridized carbons (Fsp3) is 0.100. The van der Waals surface area contributed by atoms with Gasteiger partial charge in [-0.1, -0.05) is 48.5 Å². The Balaban J connectivity index is 1.17. The molecule has 0 fully saturated rings. The second-order valence-electron chi connectivity index (χ2n) is 9.28. The monoisotopic (exact) mass is 497 g/mol. The van der Waals surface area contributed by atoms with Crippen LogP contribution in [0.2, 0.25) is 0 Å². The molecule has 0 atom stereocenters. The average Bonchev–Trinajstić information content (AvgIpc) is 3.45. The third-order valence-electron chi connectivity index (χ3n) is 6.81. The van der Waals surface area contributed by atoms with Gasteiger partial charge < -0.3 is 9.88 Å². The number of pyridine rings is 1. The fourth-order valence-corrected chi connectivity index (χ4v) is 5.01. The van der Waals surface area contributed by atoms with Crippen molar-refractivity contribution >= 4 is 55.7 Å². The number of benzene rings is 3. The SMILES string of the molecule is Cc1nn(-c2ccccc2)c2ncc(NC(=O)CCn3c4ccccc4c4nc5ccccc5nc43)cc12. The summed E-state index contributed by atoms with van der Waals surface area (Å²) in [6, 6.07) is 27.8. The Hall–Kier alpha value is -5.11. The van der Waals surface area contributed by atoms with Gasteiger partial charge in [-0.25, -0.2) is 19.6 Å². The van der Waals surface area contributed by atoms with E-state index in [0.717, 1.165) is 55.5 Å². The number of hydrogen-bond acceptors (Lipinski definition) is 5. The predicted molar refractivity (Wildman–Crippen MR) is 149 cm³/mol. The molecule has 0 aliphatic rings. The van der Waals surface area contributed by atoms with Crippen molar-refractivity contribution in [3.8, 4) is 5.69 Å². The zero-order valence-corrected chi connectivity index (χ0v) is 20.7. The second kappa shape index (κ2) is 8.77. The smallest absolute Gasteiger partial charge is 0.226 e. The molecule has 0 aliphatic heterocycles. The molecule has 0 radical (unpaired) electrons. The molecule has 8 heteroatoms.